The summed E-state index contributed by atoms with van der Waals surface area (Å²) in [5.41, 5.74) is 3.84. The zero-order valence-electron chi connectivity index (χ0n) is 9.83. The molecule has 0 aliphatic carbocycles. The Bertz CT molecular complexity index is 686. The number of imidazole rings is 1. The van der Waals surface area contributed by atoms with Gasteiger partial charge in [-0.2, -0.15) is 0 Å². The van der Waals surface area contributed by atoms with Crippen molar-refractivity contribution in [3.05, 3.63) is 41.0 Å². The Morgan fingerprint density at radius 2 is 2.22 bits per heavy atom. The highest BCUT2D eigenvalue weighted by molar-refractivity contribution is 9.10. The van der Waals surface area contributed by atoms with E-state index in [-0.39, 0.29) is 0 Å². The van der Waals surface area contributed by atoms with Crippen molar-refractivity contribution >= 4 is 26.9 Å². The van der Waals surface area contributed by atoms with E-state index in [1.807, 2.05) is 31.3 Å². The first-order valence-corrected chi connectivity index (χ1v) is 6.44. The zero-order valence-corrected chi connectivity index (χ0v) is 11.4. The number of fused-ring (bicyclic) bond motifs is 1. The van der Waals surface area contributed by atoms with Gasteiger partial charge in [-0.3, -0.25) is 0 Å². The molecule has 3 aromatic rings. The fourth-order valence-electron chi connectivity index (χ4n) is 2.07. The minimum Gasteiger partial charge on any atom is -0.464 e. The number of para-hydroxylation sites is 1. The fraction of sp³-hybridized carbons (Fsp3) is 0.154. The molecule has 2 heterocycles. The predicted molar refractivity (Wildman–Crippen MR) is 74.3 cm³/mol. The highest BCUT2D eigenvalue weighted by Gasteiger charge is 2.15. The fourth-order valence-corrected chi connectivity index (χ4v) is 2.48. The van der Waals surface area contributed by atoms with Crippen molar-refractivity contribution in [3.8, 4) is 11.3 Å². The van der Waals surface area contributed by atoms with Crippen LogP contribution in [0.5, 0.6) is 0 Å². The molecule has 4 nitrogen and oxygen atoms in total. The van der Waals surface area contributed by atoms with Gasteiger partial charge < -0.3 is 14.7 Å². The second-order valence-corrected chi connectivity index (χ2v) is 4.78. The molecule has 0 bridgehead atoms. The molecule has 0 unspecified atom stereocenters. The lowest BCUT2D eigenvalue weighted by Gasteiger charge is -1.99. The van der Waals surface area contributed by atoms with Crippen LogP contribution in [0.3, 0.4) is 0 Å². The van der Waals surface area contributed by atoms with Gasteiger partial charge in [-0.05, 0) is 29.0 Å². The number of aromatic nitrogens is 2. The Labute approximate surface area is 113 Å². The SMILES string of the molecule is CNCc1[nH]c(Br)nc1-c1coc2ccccc12. The minimum atomic E-state index is 0.730. The number of halogens is 1. The van der Waals surface area contributed by atoms with Crippen LogP contribution in [0, 0.1) is 0 Å². The Kier molecular flexibility index (Phi) is 2.93. The Hall–Kier alpha value is -1.59. The van der Waals surface area contributed by atoms with Crippen LogP contribution in [0.1, 0.15) is 5.69 Å². The largest absolute Gasteiger partial charge is 0.464 e. The standard InChI is InChI=1S/C13H12BrN3O/c1-15-6-10-12(17-13(14)16-10)9-7-18-11-5-3-2-4-8(9)11/h2-5,7,15H,6H2,1H3,(H,16,17). The van der Waals surface area contributed by atoms with Crippen molar-refractivity contribution in [2.45, 2.75) is 6.54 Å². The molecule has 0 fully saturated rings. The molecule has 0 saturated heterocycles. The summed E-state index contributed by atoms with van der Waals surface area (Å²) in [6.07, 6.45) is 1.76. The van der Waals surface area contributed by atoms with Gasteiger partial charge in [0, 0.05) is 17.5 Å². The summed E-state index contributed by atoms with van der Waals surface area (Å²) in [7, 11) is 1.91. The van der Waals surface area contributed by atoms with Crippen LogP contribution in [0.25, 0.3) is 22.2 Å². The maximum Gasteiger partial charge on any atom is 0.175 e. The van der Waals surface area contributed by atoms with Gasteiger partial charge in [0.1, 0.15) is 11.8 Å². The van der Waals surface area contributed by atoms with Gasteiger partial charge in [0.05, 0.1) is 11.4 Å². The first-order valence-electron chi connectivity index (χ1n) is 5.65. The van der Waals surface area contributed by atoms with Crippen molar-refractivity contribution in [1.82, 2.24) is 15.3 Å². The van der Waals surface area contributed by atoms with Gasteiger partial charge in [-0.1, -0.05) is 18.2 Å². The number of furan rings is 1. The highest BCUT2D eigenvalue weighted by atomic mass is 79.9. The van der Waals surface area contributed by atoms with E-state index in [1.165, 1.54) is 0 Å². The maximum atomic E-state index is 5.56. The highest BCUT2D eigenvalue weighted by Crippen LogP contribution is 2.32. The van der Waals surface area contributed by atoms with E-state index in [9.17, 15) is 0 Å². The number of nitrogens with one attached hydrogen (secondary N) is 2. The van der Waals surface area contributed by atoms with Crippen molar-refractivity contribution in [2.75, 3.05) is 7.05 Å². The summed E-state index contributed by atoms with van der Waals surface area (Å²) >= 11 is 3.38. The number of rotatable bonds is 3. The maximum absolute atomic E-state index is 5.56. The topological polar surface area (TPSA) is 53.9 Å². The van der Waals surface area contributed by atoms with Crippen molar-refractivity contribution in [1.29, 1.82) is 0 Å². The van der Waals surface area contributed by atoms with Crippen LogP contribution in [0.2, 0.25) is 0 Å². The number of benzene rings is 1. The summed E-state index contributed by atoms with van der Waals surface area (Å²) < 4.78 is 6.29. The number of hydrogen-bond acceptors (Lipinski definition) is 3. The molecule has 0 atom stereocenters. The van der Waals surface area contributed by atoms with Crippen molar-refractivity contribution in [2.24, 2.45) is 0 Å². The summed E-state index contributed by atoms with van der Waals surface area (Å²) in [4.78, 5) is 7.68. The number of aromatic amines is 1. The Morgan fingerprint density at radius 3 is 3.06 bits per heavy atom. The molecule has 92 valence electrons. The second kappa shape index (κ2) is 4.59. The smallest absolute Gasteiger partial charge is 0.175 e. The molecule has 2 N–H and O–H groups in total. The summed E-state index contributed by atoms with van der Waals surface area (Å²) in [6.45, 7) is 0.730. The number of hydrogen-bond donors (Lipinski definition) is 2. The van der Waals surface area contributed by atoms with Gasteiger partial charge in [0.2, 0.25) is 0 Å². The molecular formula is C13H12BrN3O. The van der Waals surface area contributed by atoms with E-state index in [2.05, 4.69) is 31.2 Å². The normalized spacial score (nSPS) is 11.2. The lowest BCUT2D eigenvalue weighted by molar-refractivity contribution is 0.616. The van der Waals surface area contributed by atoms with Crippen LogP contribution in [-0.2, 0) is 6.54 Å². The van der Waals surface area contributed by atoms with Crippen LogP contribution in [0.4, 0.5) is 0 Å². The first kappa shape index (κ1) is 11.5. The van der Waals surface area contributed by atoms with Gasteiger partial charge in [-0.25, -0.2) is 4.98 Å². The molecular weight excluding hydrogens is 294 g/mol. The van der Waals surface area contributed by atoms with Gasteiger partial charge >= 0.3 is 0 Å². The van der Waals surface area contributed by atoms with E-state index >= 15 is 0 Å². The van der Waals surface area contributed by atoms with E-state index in [1.54, 1.807) is 6.26 Å². The van der Waals surface area contributed by atoms with Crippen molar-refractivity contribution < 1.29 is 4.42 Å². The molecule has 3 rings (SSSR count). The summed E-state index contributed by atoms with van der Waals surface area (Å²) in [6, 6.07) is 7.96. The minimum absolute atomic E-state index is 0.730. The molecule has 0 saturated carbocycles. The number of nitrogens with zero attached hydrogens (tertiary/aromatic N) is 1. The molecule has 18 heavy (non-hydrogen) atoms. The molecule has 0 spiro atoms. The third-order valence-electron chi connectivity index (χ3n) is 2.84. The summed E-state index contributed by atoms with van der Waals surface area (Å²) in [5.74, 6) is 0. The molecule has 0 amide bonds. The average Bonchev–Trinajstić information content (AvgIpc) is 2.93. The average molecular weight is 306 g/mol. The molecule has 5 heteroatoms. The quantitative estimate of drug-likeness (QED) is 0.780. The lowest BCUT2D eigenvalue weighted by Crippen LogP contribution is -2.06. The third-order valence-corrected chi connectivity index (χ3v) is 3.22. The lowest BCUT2D eigenvalue weighted by atomic mass is 10.1. The van der Waals surface area contributed by atoms with E-state index < -0.39 is 0 Å². The first-order chi connectivity index (χ1) is 8.79. The van der Waals surface area contributed by atoms with Crippen molar-refractivity contribution in [3.63, 3.8) is 0 Å². The molecule has 0 aliphatic rings. The molecule has 0 radical (unpaired) electrons. The van der Waals surface area contributed by atoms with Crippen LogP contribution >= 0.6 is 15.9 Å². The molecule has 1 aromatic carbocycles. The van der Waals surface area contributed by atoms with Gasteiger partial charge in [-0.15, -0.1) is 0 Å². The Balaban J connectivity index is 2.19. The van der Waals surface area contributed by atoms with Crippen LogP contribution < -0.4 is 5.32 Å². The van der Waals surface area contributed by atoms with E-state index in [0.717, 1.165) is 39.2 Å². The number of H-pyrrole nitrogens is 1. The van der Waals surface area contributed by atoms with Gasteiger partial charge in [0.15, 0.2) is 4.73 Å². The van der Waals surface area contributed by atoms with Gasteiger partial charge in [0.25, 0.3) is 0 Å². The van der Waals surface area contributed by atoms with Crippen LogP contribution in [0.15, 0.2) is 39.7 Å². The summed E-state index contributed by atoms with van der Waals surface area (Å²) in [5, 5.41) is 4.20. The zero-order chi connectivity index (χ0) is 12.5. The van der Waals surface area contributed by atoms with E-state index in [0.29, 0.717) is 0 Å². The van der Waals surface area contributed by atoms with E-state index in [4.69, 9.17) is 4.42 Å². The molecule has 2 aromatic heterocycles. The Morgan fingerprint density at radius 1 is 1.39 bits per heavy atom. The monoisotopic (exact) mass is 305 g/mol. The predicted octanol–water partition coefficient (Wildman–Crippen LogP) is 3.30. The molecule has 0 aliphatic heterocycles. The second-order valence-electron chi connectivity index (χ2n) is 4.03. The third kappa shape index (κ3) is 1.85. The van der Waals surface area contributed by atoms with Crippen LogP contribution in [-0.4, -0.2) is 17.0 Å².